The average Bonchev–Trinajstić information content (AvgIpc) is 2.64. The van der Waals surface area contributed by atoms with Crippen LogP contribution < -0.4 is 11.3 Å². The largest absolute Gasteiger partial charge is 0.393 e. The van der Waals surface area contributed by atoms with Gasteiger partial charge in [-0.2, -0.15) is 0 Å². The van der Waals surface area contributed by atoms with Gasteiger partial charge in [0.1, 0.15) is 5.69 Å². The Balaban J connectivity index is 2.60. The molecule has 7 heteroatoms. The van der Waals surface area contributed by atoms with Crippen molar-refractivity contribution < 1.29 is 13.2 Å². The van der Waals surface area contributed by atoms with Crippen LogP contribution in [-0.4, -0.2) is 9.78 Å². The van der Waals surface area contributed by atoms with E-state index in [-0.39, 0.29) is 11.4 Å². The van der Waals surface area contributed by atoms with Gasteiger partial charge in [-0.3, -0.25) is 9.89 Å². The molecule has 0 fully saturated rings. The lowest BCUT2D eigenvalue weighted by molar-refractivity contribution is 0.445. The monoisotopic (exact) mass is 271 g/mol. The Morgan fingerprint density at radius 3 is 2.37 bits per heavy atom. The van der Waals surface area contributed by atoms with E-state index >= 15 is 0 Å². The highest BCUT2D eigenvalue weighted by Gasteiger charge is 2.16. The molecule has 0 aliphatic heterocycles. The molecule has 0 aliphatic rings. The lowest BCUT2D eigenvalue weighted by Gasteiger charge is -2.03. The second-order valence-corrected chi connectivity index (χ2v) is 4.12. The summed E-state index contributed by atoms with van der Waals surface area (Å²) in [7, 11) is 0. The van der Waals surface area contributed by atoms with Gasteiger partial charge in [0.25, 0.3) is 5.56 Å². The molecular weight excluding hydrogens is 259 g/mol. The van der Waals surface area contributed by atoms with Crippen molar-refractivity contribution in [1.29, 1.82) is 0 Å². The minimum Gasteiger partial charge on any atom is -0.393 e. The molecule has 3 N–H and O–H groups in total. The van der Waals surface area contributed by atoms with Crippen LogP contribution in [0.2, 0.25) is 0 Å². The van der Waals surface area contributed by atoms with E-state index in [1.807, 2.05) is 6.92 Å². The molecule has 0 aliphatic carbocycles. The summed E-state index contributed by atoms with van der Waals surface area (Å²) in [5, 5.41) is 2.66. The molecule has 19 heavy (non-hydrogen) atoms. The number of hydrogen-bond donors (Lipinski definition) is 2. The number of anilines is 1. The molecule has 0 amide bonds. The first-order chi connectivity index (χ1) is 8.95. The zero-order valence-corrected chi connectivity index (χ0v) is 10.1. The average molecular weight is 271 g/mol. The van der Waals surface area contributed by atoms with Crippen LogP contribution in [0.15, 0.2) is 16.9 Å². The fourth-order valence-corrected chi connectivity index (χ4v) is 1.79. The summed E-state index contributed by atoms with van der Waals surface area (Å²) in [6, 6.07) is 1.46. The fourth-order valence-electron chi connectivity index (χ4n) is 1.79. The van der Waals surface area contributed by atoms with Crippen LogP contribution in [0.3, 0.4) is 0 Å². The topological polar surface area (TPSA) is 63.8 Å². The third-order valence-corrected chi connectivity index (χ3v) is 2.73. The number of aryl methyl sites for hydroxylation is 1. The van der Waals surface area contributed by atoms with E-state index in [2.05, 4.69) is 5.10 Å². The number of hydrogen-bond acceptors (Lipinski definition) is 2. The van der Waals surface area contributed by atoms with Crippen molar-refractivity contribution in [3.05, 3.63) is 45.6 Å². The van der Waals surface area contributed by atoms with Crippen molar-refractivity contribution in [3.8, 4) is 5.69 Å². The van der Waals surface area contributed by atoms with Crippen LogP contribution in [0.5, 0.6) is 0 Å². The van der Waals surface area contributed by atoms with Gasteiger partial charge in [0.05, 0.1) is 11.4 Å². The number of H-pyrrole nitrogens is 1. The first-order valence-electron chi connectivity index (χ1n) is 5.70. The molecule has 1 heterocycles. The minimum absolute atomic E-state index is 0.00742. The van der Waals surface area contributed by atoms with E-state index in [1.165, 1.54) is 0 Å². The van der Waals surface area contributed by atoms with Gasteiger partial charge < -0.3 is 5.73 Å². The highest BCUT2D eigenvalue weighted by atomic mass is 19.2. The van der Waals surface area contributed by atoms with Crippen molar-refractivity contribution in [2.75, 3.05) is 5.73 Å². The van der Waals surface area contributed by atoms with Crippen LogP contribution in [0.1, 0.15) is 19.0 Å². The molecule has 0 bridgehead atoms. The van der Waals surface area contributed by atoms with Gasteiger partial charge in [-0.05, 0) is 6.42 Å². The van der Waals surface area contributed by atoms with Gasteiger partial charge in [0.2, 0.25) is 0 Å². The van der Waals surface area contributed by atoms with E-state index in [1.54, 1.807) is 0 Å². The maximum atomic E-state index is 13.1. The van der Waals surface area contributed by atoms with E-state index in [9.17, 15) is 18.0 Å². The molecular formula is C12H12F3N3O. The first kappa shape index (κ1) is 13.3. The summed E-state index contributed by atoms with van der Waals surface area (Å²) in [4.78, 5) is 11.8. The normalized spacial score (nSPS) is 10.9. The summed E-state index contributed by atoms with van der Waals surface area (Å²) in [5.74, 6) is -4.32. The molecule has 0 saturated heterocycles. The molecule has 1 aromatic carbocycles. The predicted molar refractivity (Wildman–Crippen MR) is 64.7 cm³/mol. The van der Waals surface area contributed by atoms with Gasteiger partial charge >= 0.3 is 0 Å². The summed E-state index contributed by atoms with van der Waals surface area (Å²) in [5.41, 5.74) is 5.32. The van der Waals surface area contributed by atoms with Crippen molar-refractivity contribution in [3.63, 3.8) is 0 Å². The second kappa shape index (κ2) is 4.83. The van der Waals surface area contributed by atoms with E-state index in [0.717, 1.165) is 23.2 Å². The number of nitrogens with zero attached hydrogens (tertiary/aromatic N) is 1. The van der Waals surface area contributed by atoms with Crippen molar-refractivity contribution >= 4 is 5.69 Å². The predicted octanol–water partition coefficient (Wildman–Crippen LogP) is 2.12. The molecule has 4 nitrogen and oxygen atoms in total. The Morgan fingerprint density at radius 2 is 1.84 bits per heavy atom. The second-order valence-electron chi connectivity index (χ2n) is 4.12. The maximum Gasteiger partial charge on any atom is 0.294 e. The van der Waals surface area contributed by atoms with Gasteiger partial charge in [-0.15, -0.1) is 0 Å². The SMILES string of the molecule is CCCc1[nH]n(-c2cc(F)c(F)c(F)c2)c(=O)c1N. The first-order valence-corrected chi connectivity index (χ1v) is 5.70. The van der Waals surface area contributed by atoms with Gasteiger partial charge in [-0.1, -0.05) is 13.3 Å². The van der Waals surface area contributed by atoms with Crippen molar-refractivity contribution in [2.24, 2.45) is 0 Å². The Morgan fingerprint density at radius 1 is 1.26 bits per heavy atom. The number of nitrogens with one attached hydrogen (secondary N) is 1. The quantitative estimate of drug-likeness (QED) is 0.840. The zero-order valence-electron chi connectivity index (χ0n) is 10.1. The van der Waals surface area contributed by atoms with Crippen LogP contribution >= 0.6 is 0 Å². The Bertz CT molecular complexity index is 652. The zero-order chi connectivity index (χ0) is 14.2. The number of benzene rings is 1. The Hall–Kier alpha value is -2.18. The lowest BCUT2D eigenvalue weighted by Crippen LogP contribution is -2.17. The highest BCUT2D eigenvalue weighted by molar-refractivity contribution is 5.44. The standard InChI is InChI=1S/C12H12F3N3O/c1-2-3-9-11(16)12(19)18(17-9)6-4-7(13)10(15)8(14)5-6/h4-5,17H,2-3,16H2,1H3. The third-order valence-electron chi connectivity index (χ3n) is 2.73. The summed E-state index contributed by atoms with van der Waals surface area (Å²) in [6.07, 6.45) is 1.27. The third kappa shape index (κ3) is 2.23. The van der Waals surface area contributed by atoms with E-state index < -0.39 is 23.0 Å². The number of nitrogen functional groups attached to an aromatic ring is 1. The number of aromatic nitrogens is 2. The molecule has 0 saturated carbocycles. The molecule has 2 aromatic rings. The number of aromatic amines is 1. The fraction of sp³-hybridized carbons (Fsp3) is 0.250. The summed E-state index contributed by atoms with van der Waals surface area (Å²) < 4.78 is 40.0. The smallest absolute Gasteiger partial charge is 0.294 e. The van der Waals surface area contributed by atoms with Crippen molar-refractivity contribution in [1.82, 2.24) is 9.78 Å². The Labute approximate surface area is 106 Å². The van der Waals surface area contributed by atoms with Gasteiger partial charge in [0.15, 0.2) is 17.5 Å². The molecule has 102 valence electrons. The summed E-state index contributed by atoms with van der Waals surface area (Å²) >= 11 is 0. The van der Waals surface area contributed by atoms with Crippen LogP contribution in [0, 0.1) is 17.5 Å². The molecule has 0 radical (unpaired) electrons. The van der Waals surface area contributed by atoms with Crippen LogP contribution in [0.25, 0.3) is 5.69 Å². The number of halogens is 3. The maximum absolute atomic E-state index is 13.1. The molecule has 0 atom stereocenters. The summed E-state index contributed by atoms with van der Waals surface area (Å²) in [6.45, 7) is 1.90. The Kier molecular flexibility index (Phi) is 3.37. The van der Waals surface area contributed by atoms with Gasteiger partial charge in [-0.25, -0.2) is 17.9 Å². The molecule has 2 rings (SSSR count). The number of nitrogens with two attached hydrogens (primary N) is 1. The van der Waals surface area contributed by atoms with Crippen LogP contribution in [-0.2, 0) is 6.42 Å². The van der Waals surface area contributed by atoms with E-state index in [4.69, 9.17) is 5.73 Å². The van der Waals surface area contributed by atoms with Gasteiger partial charge in [0, 0.05) is 12.1 Å². The minimum atomic E-state index is -1.58. The molecule has 0 unspecified atom stereocenters. The highest BCUT2D eigenvalue weighted by Crippen LogP contribution is 2.17. The lowest BCUT2D eigenvalue weighted by atomic mass is 10.2. The van der Waals surface area contributed by atoms with Crippen molar-refractivity contribution in [2.45, 2.75) is 19.8 Å². The molecule has 1 aromatic heterocycles. The van der Waals surface area contributed by atoms with E-state index in [0.29, 0.717) is 12.1 Å². The number of rotatable bonds is 3. The van der Waals surface area contributed by atoms with Crippen LogP contribution in [0.4, 0.5) is 18.9 Å². The molecule has 0 spiro atoms.